The highest BCUT2D eigenvalue weighted by molar-refractivity contribution is 7.88. The highest BCUT2D eigenvalue weighted by Gasteiger charge is 2.61. The van der Waals surface area contributed by atoms with Gasteiger partial charge in [-0.2, -0.15) is 4.31 Å². The molecule has 0 unspecified atom stereocenters. The Morgan fingerprint density at radius 2 is 1.84 bits per heavy atom. The summed E-state index contributed by atoms with van der Waals surface area (Å²) >= 11 is 0. The van der Waals surface area contributed by atoms with Gasteiger partial charge in [-0.3, -0.25) is 4.79 Å². The third-order valence-corrected chi connectivity index (χ3v) is 13.6. The van der Waals surface area contributed by atoms with Crippen molar-refractivity contribution in [1.82, 2.24) is 9.21 Å². The first-order valence-electron chi connectivity index (χ1n) is 14.9. The van der Waals surface area contributed by atoms with Gasteiger partial charge in [-0.15, -0.1) is 0 Å². The molecule has 6 nitrogen and oxygen atoms in total. The minimum Gasteiger partial charge on any atom is -0.369 e. The van der Waals surface area contributed by atoms with Crippen molar-refractivity contribution in [1.29, 1.82) is 0 Å². The smallest absolute Gasteiger partial charge is 0.222 e. The summed E-state index contributed by atoms with van der Waals surface area (Å²) < 4.78 is 34.4. The van der Waals surface area contributed by atoms with Crippen LogP contribution in [-0.2, 0) is 19.6 Å². The van der Waals surface area contributed by atoms with Crippen LogP contribution in [0.2, 0.25) is 0 Å². The van der Waals surface area contributed by atoms with E-state index in [-0.39, 0.29) is 29.1 Å². The van der Waals surface area contributed by atoms with Crippen LogP contribution in [0.3, 0.4) is 0 Å². The summed E-state index contributed by atoms with van der Waals surface area (Å²) in [5.74, 6) is 3.48. The van der Waals surface area contributed by atoms with Crippen LogP contribution in [0.5, 0.6) is 0 Å². The number of rotatable bonds is 1. The number of nitrogens with zero attached hydrogens (tertiary/aromatic N) is 2. The molecule has 0 bridgehead atoms. The lowest BCUT2D eigenvalue weighted by Gasteiger charge is -2.49. The van der Waals surface area contributed by atoms with Crippen molar-refractivity contribution in [2.24, 2.45) is 40.9 Å². The van der Waals surface area contributed by atoms with E-state index in [1.807, 2.05) is 11.9 Å². The molecule has 6 aliphatic rings. The van der Waals surface area contributed by atoms with Crippen molar-refractivity contribution in [2.75, 3.05) is 26.4 Å². The monoisotopic (exact) mass is 532 g/mol. The Morgan fingerprint density at radius 3 is 2.57 bits per heavy atom. The van der Waals surface area contributed by atoms with E-state index in [1.54, 1.807) is 9.88 Å². The fourth-order valence-corrected chi connectivity index (χ4v) is 11.6. The molecule has 37 heavy (non-hydrogen) atoms. The maximum Gasteiger partial charge on any atom is 0.222 e. The number of hydrogen-bond donors (Lipinski definition) is 0. The van der Waals surface area contributed by atoms with Gasteiger partial charge in [-0.05, 0) is 93.3 Å². The third-order valence-electron chi connectivity index (χ3n) is 12.3. The summed E-state index contributed by atoms with van der Waals surface area (Å²) in [6.07, 6.45) is 10.9. The average Bonchev–Trinajstić information content (AvgIpc) is 3.24. The molecule has 2 saturated carbocycles. The SMILES string of the molecule is CC1=C2C[C@H]3[C@@H](CC[C@@H]4CN(C)C(=O)CC[C@@]43C)[C@@H]2CC[C@@]2(C1)O[C@@H]1C[C@H](C)CN(S(C)(=O)=O)[C@H]1[C@H]2C. The van der Waals surface area contributed by atoms with Crippen LogP contribution in [0.15, 0.2) is 11.1 Å². The molecule has 0 N–H and O–H groups in total. The van der Waals surface area contributed by atoms with E-state index >= 15 is 0 Å². The minimum absolute atomic E-state index is 0.00632. The van der Waals surface area contributed by atoms with Gasteiger partial charge in [-0.25, -0.2) is 8.42 Å². The molecule has 5 fully saturated rings. The van der Waals surface area contributed by atoms with Gasteiger partial charge >= 0.3 is 0 Å². The Balaban J connectivity index is 1.29. The summed E-state index contributed by atoms with van der Waals surface area (Å²) in [4.78, 5) is 14.6. The number of allylic oxidation sites excluding steroid dienone is 1. The molecule has 0 radical (unpaired) electrons. The molecular formula is C30H48N2O4S. The normalized spacial score (nSPS) is 48.8. The zero-order valence-electron chi connectivity index (χ0n) is 23.8. The zero-order valence-corrected chi connectivity index (χ0v) is 24.6. The van der Waals surface area contributed by atoms with Crippen LogP contribution in [0, 0.1) is 40.9 Å². The number of carbonyl (C=O) groups excluding carboxylic acids is 1. The molecular weight excluding hydrogens is 484 g/mol. The second-order valence-electron chi connectivity index (χ2n) is 14.3. The number of ether oxygens (including phenoxy) is 1. The van der Waals surface area contributed by atoms with Gasteiger partial charge in [0.05, 0.1) is 24.0 Å². The van der Waals surface area contributed by atoms with Gasteiger partial charge in [0.2, 0.25) is 15.9 Å². The molecule has 6 rings (SSSR count). The Bertz CT molecular complexity index is 1100. The molecule has 3 aliphatic heterocycles. The molecule has 1 spiro atoms. The number of fused-ring (bicyclic) bond motifs is 6. The van der Waals surface area contributed by atoms with Gasteiger partial charge in [0.1, 0.15) is 0 Å². The molecule has 10 atom stereocenters. The molecule has 1 amide bonds. The van der Waals surface area contributed by atoms with Gasteiger partial charge in [0.15, 0.2) is 0 Å². The Hall–Kier alpha value is -0.920. The quantitative estimate of drug-likeness (QED) is 0.453. The van der Waals surface area contributed by atoms with Gasteiger partial charge in [0.25, 0.3) is 0 Å². The second-order valence-corrected chi connectivity index (χ2v) is 16.3. The largest absolute Gasteiger partial charge is 0.369 e. The van der Waals surface area contributed by atoms with Gasteiger partial charge < -0.3 is 9.64 Å². The van der Waals surface area contributed by atoms with Crippen molar-refractivity contribution in [3.63, 3.8) is 0 Å². The summed E-state index contributed by atoms with van der Waals surface area (Å²) in [5.41, 5.74) is 3.20. The average molecular weight is 533 g/mol. The predicted octanol–water partition coefficient (Wildman–Crippen LogP) is 4.85. The van der Waals surface area contributed by atoms with E-state index in [0.717, 1.165) is 38.6 Å². The first-order chi connectivity index (χ1) is 17.3. The molecule has 3 heterocycles. The van der Waals surface area contributed by atoms with Crippen LogP contribution in [0.25, 0.3) is 0 Å². The van der Waals surface area contributed by atoms with Crippen LogP contribution in [0.4, 0.5) is 0 Å². The maximum atomic E-state index is 12.8. The van der Waals surface area contributed by atoms with Crippen molar-refractivity contribution in [3.8, 4) is 0 Å². The molecule has 0 aromatic carbocycles. The van der Waals surface area contributed by atoms with E-state index in [4.69, 9.17) is 4.74 Å². The van der Waals surface area contributed by atoms with Crippen molar-refractivity contribution in [3.05, 3.63) is 11.1 Å². The second kappa shape index (κ2) is 8.79. The highest BCUT2D eigenvalue weighted by Crippen LogP contribution is 2.64. The predicted molar refractivity (Wildman–Crippen MR) is 145 cm³/mol. The van der Waals surface area contributed by atoms with E-state index < -0.39 is 10.0 Å². The van der Waals surface area contributed by atoms with Crippen molar-refractivity contribution >= 4 is 15.9 Å². The van der Waals surface area contributed by atoms with Crippen LogP contribution in [0.1, 0.15) is 85.5 Å². The molecule has 0 aromatic rings. The van der Waals surface area contributed by atoms with Crippen molar-refractivity contribution in [2.45, 2.75) is 103 Å². The summed E-state index contributed by atoms with van der Waals surface area (Å²) in [6.45, 7) is 10.8. The minimum atomic E-state index is -3.27. The Kier molecular flexibility index (Phi) is 6.25. The first kappa shape index (κ1) is 26.3. The summed E-state index contributed by atoms with van der Waals surface area (Å²) in [7, 11) is -1.27. The summed E-state index contributed by atoms with van der Waals surface area (Å²) in [6, 6.07) is -0.0374. The number of piperidine rings is 1. The fourth-order valence-electron chi connectivity index (χ4n) is 10.3. The molecule has 3 saturated heterocycles. The maximum absolute atomic E-state index is 12.8. The number of sulfonamides is 1. The van der Waals surface area contributed by atoms with Crippen LogP contribution >= 0.6 is 0 Å². The Labute approximate surface area is 224 Å². The van der Waals surface area contributed by atoms with E-state index in [1.165, 1.54) is 31.1 Å². The third kappa shape index (κ3) is 3.99. The standard InChI is InChI=1S/C30H48N2O4S/c1-18-13-26-28(32(16-18)37(6,34)35)20(3)30(36-26)12-9-22-23-8-7-21-17-31(5)27(33)10-11-29(21,4)25(23)14-24(22)19(2)15-30/h18,20-23,25-26,28H,7-17H2,1-6H3/t18-,20+,21+,22-,23-,25-,26+,28-,29-,30-/m0/s1. The van der Waals surface area contributed by atoms with Crippen LogP contribution < -0.4 is 0 Å². The lowest BCUT2D eigenvalue weighted by molar-refractivity contribution is -0.129. The van der Waals surface area contributed by atoms with E-state index in [2.05, 4.69) is 27.7 Å². The topological polar surface area (TPSA) is 66.9 Å². The Morgan fingerprint density at radius 1 is 1.08 bits per heavy atom. The van der Waals surface area contributed by atoms with E-state index in [9.17, 15) is 13.2 Å². The van der Waals surface area contributed by atoms with Crippen LogP contribution in [-0.4, -0.2) is 67.7 Å². The number of likely N-dealkylation sites (tertiary alicyclic amines) is 1. The lowest BCUT2D eigenvalue weighted by Crippen LogP contribution is -2.53. The highest BCUT2D eigenvalue weighted by atomic mass is 32.2. The van der Waals surface area contributed by atoms with Crippen molar-refractivity contribution < 1.29 is 17.9 Å². The fraction of sp³-hybridized carbons (Fsp3) is 0.900. The molecule has 208 valence electrons. The number of hydrogen-bond acceptors (Lipinski definition) is 4. The van der Waals surface area contributed by atoms with E-state index in [0.29, 0.717) is 48.5 Å². The molecule has 0 aromatic heterocycles. The number of carbonyl (C=O) groups is 1. The first-order valence-corrected chi connectivity index (χ1v) is 16.8. The van der Waals surface area contributed by atoms with Gasteiger partial charge in [0, 0.05) is 32.5 Å². The summed E-state index contributed by atoms with van der Waals surface area (Å²) in [5, 5.41) is 0. The molecule has 3 aliphatic carbocycles. The number of amides is 1. The molecule has 7 heteroatoms. The van der Waals surface area contributed by atoms with Gasteiger partial charge in [-0.1, -0.05) is 31.9 Å². The lowest BCUT2D eigenvalue weighted by atomic mass is 9.55. The zero-order chi connectivity index (χ0) is 26.5.